The number of para-hydroxylation sites is 1. The van der Waals surface area contributed by atoms with Gasteiger partial charge in [-0.2, -0.15) is 0 Å². The Morgan fingerprint density at radius 2 is 2.00 bits per heavy atom. The van der Waals surface area contributed by atoms with Gasteiger partial charge in [0.05, 0.1) is 22.0 Å². The van der Waals surface area contributed by atoms with Crippen molar-refractivity contribution in [1.29, 1.82) is 0 Å². The van der Waals surface area contributed by atoms with Gasteiger partial charge in [0.25, 0.3) is 0 Å². The van der Waals surface area contributed by atoms with Crippen molar-refractivity contribution in [1.82, 2.24) is 24.6 Å². The Labute approximate surface area is 199 Å². The Morgan fingerprint density at radius 1 is 1.19 bits per heavy atom. The van der Waals surface area contributed by atoms with Gasteiger partial charge in [0.1, 0.15) is 5.01 Å². The van der Waals surface area contributed by atoms with E-state index in [2.05, 4.69) is 23.2 Å². The molecule has 1 fully saturated rings. The summed E-state index contributed by atoms with van der Waals surface area (Å²) >= 11 is 9.14. The van der Waals surface area contributed by atoms with Crippen LogP contribution in [0, 0.1) is 0 Å². The number of carbonyl (C=O) groups excluding carboxylic acids is 1. The highest BCUT2D eigenvalue weighted by Gasteiger charge is 2.32. The number of likely N-dealkylation sites (tertiary alicyclic amines) is 1. The van der Waals surface area contributed by atoms with Gasteiger partial charge in [-0.3, -0.25) is 4.79 Å². The molecule has 0 spiro atoms. The Balaban J connectivity index is 1.30. The third-order valence-electron chi connectivity index (χ3n) is 5.63. The summed E-state index contributed by atoms with van der Waals surface area (Å²) in [7, 11) is 0. The Kier molecular flexibility index (Phi) is 6.17. The fraction of sp³-hybridized carbons (Fsp3) is 0.304. The minimum atomic E-state index is 0.0640. The lowest BCUT2D eigenvalue weighted by Gasteiger charge is -2.22. The Hall–Kier alpha value is -2.42. The minimum Gasteiger partial charge on any atom is -0.332 e. The zero-order valence-electron chi connectivity index (χ0n) is 17.6. The first-order chi connectivity index (χ1) is 15.6. The number of nitrogens with zero attached hydrogens (tertiary/aromatic N) is 5. The summed E-state index contributed by atoms with van der Waals surface area (Å²) in [4.78, 5) is 19.9. The van der Waals surface area contributed by atoms with Gasteiger partial charge < -0.3 is 9.47 Å². The van der Waals surface area contributed by atoms with Crippen molar-refractivity contribution in [3.63, 3.8) is 0 Å². The van der Waals surface area contributed by atoms with Gasteiger partial charge in [-0.15, -0.1) is 21.5 Å². The van der Waals surface area contributed by atoms with Crippen LogP contribution < -0.4 is 0 Å². The van der Waals surface area contributed by atoms with Crippen LogP contribution in [0.25, 0.3) is 21.6 Å². The first-order valence-corrected chi connectivity index (χ1v) is 12.8. The molecule has 5 rings (SSSR count). The third kappa shape index (κ3) is 4.14. The lowest BCUT2D eigenvalue weighted by Crippen LogP contribution is -2.32. The number of fused-ring (bicyclic) bond motifs is 1. The largest absolute Gasteiger partial charge is 0.332 e. The van der Waals surface area contributed by atoms with Crippen molar-refractivity contribution in [2.75, 3.05) is 12.3 Å². The molecular weight excluding hydrogens is 462 g/mol. The monoisotopic (exact) mass is 483 g/mol. The van der Waals surface area contributed by atoms with Crippen LogP contribution in [-0.2, 0) is 11.3 Å². The second-order valence-electron chi connectivity index (χ2n) is 7.61. The molecule has 0 bridgehead atoms. The van der Waals surface area contributed by atoms with E-state index >= 15 is 0 Å². The van der Waals surface area contributed by atoms with Gasteiger partial charge >= 0.3 is 0 Å². The van der Waals surface area contributed by atoms with Crippen LogP contribution in [0.15, 0.2) is 53.7 Å². The highest BCUT2D eigenvalue weighted by molar-refractivity contribution is 7.99. The first-order valence-electron chi connectivity index (χ1n) is 10.6. The number of hydrogen-bond acceptors (Lipinski definition) is 6. The number of benzene rings is 2. The third-order valence-corrected chi connectivity index (χ3v) is 7.97. The van der Waals surface area contributed by atoms with Crippen LogP contribution in [0.4, 0.5) is 0 Å². The number of thioether (sulfide) groups is 1. The van der Waals surface area contributed by atoms with Crippen LogP contribution in [0.3, 0.4) is 0 Å². The molecule has 6 nitrogen and oxygen atoms in total. The van der Waals surface area contributed by atoms with E-state index in [1.165, 1.54) is 16.5 Å². The average Bonchev–Trinajstić information content (AvgIpc) is 3.55. The number of amides is 1. The summed E-state index contributed by atoms with van der Waals surface area (Å²) in [6.45, 7) is 3.55. The lowest BCUT2D eigenvalue weighted by atomic mass is 10.2. The molecule has 32 heavy (non-hydrogen) atoms. The van der Waals surface area contributed by atoms with Crippen molar-refractivity contribution >= 4 is 50.8 Å². The van der Waals surface area contributed by atoms with Gasteiger partial charge in [0, 0.05) is 23.7 Å². The summed E-state index contributed by atoms with van der Waals surface area (Å²) in [5, 5.41) is 11.2. The molecule has 2 aromatic heterocycles. The molecule has 3 heterocycles. The van der Waals surface area contributed by atoms with Crippen LogP contribution in [-0.4, -0.2) is 42.9 Å². The predicted octanol–water partition coefficient (Wildman–Crippen LogP) is 5.68. The molecule has 1 aliphatic rings. The zero-order chi connectivity index (χ0) is 22.1. The van der Waals surface area contributed by atoms with Gasteiger partial charge in [-0.1, -0.05) is 35.5 Å². The summed E-state index contributed by atoms with van der Waals surface area (Å²) in [5.41, 5.74) is 1.96. The Bertz CT molecular complexity index is 1220. The van der Waals surface area contributed by atoms with Crippen LogP contribution in [0.5, 0.6) is 0 Å². The molecule has 0 radical (unpaired) electrons. The van der Waals surface area contributed by atoms with Crippen molar-refractivity contribution in [2.45, 2.75) is 37.5 Å². The molecule has 1 amide bonds. The number of rotatable bonds is 6. The standard InChI is InChI=1S/C23H22ClN5OS2/c1-2-28-21(15-9-11-16(24)12-10-15)26-27-23(28)31-14-20(30)29-13-5-7-18(29)22-25-17-6-3-4-8-19(17)32-22/h3-4,6,8-12,18H,2,5,7,13-14H2,1H3/t18-/m1/s1. The van der Waals surface area contributed by atoms with E-state index in [4.69, 9.17) is 16.6 Å². The quantitative estimate of drug-likeness (QED) is 0.330. The summed E-state index contributed by atoms with van der Waals surface area (Å²) in [6.07, 6.45) is 1.96. The molecule has 1 atom stereocenters. The van der Waals surface area contributed by atoms with E-state index in [0.717, 1.165) is 53.0 Å². The van der Waals surface area contributed by atoms with Gasteiger partial charge in [-0.05, 0) is 56.2 Å². The second-order valence-corrected chi connectivity index (χ2v) is 10.1. The number of aromatic nitrogens is 4. The van der Waals surface area contributed by atoms with Crippen molar-refractivity contribution in [2.24, 2.45) is 0 Å². The summed E-state index contributed by atoms with van der Waals surface area (Å²) in [6, 6.07) is 15.8. The average molecular weight is 484 g/mol. The number of thiazole rings is 1. The molecule has 2 aromatic carbocycles. The first kappa shape index (κ1) is 21.4. The number of carbonyl (C=O) groups is 1. The number of halogens is 1. The maximum Gasteiger partial charge on any atom is 0.233 e. The smallest absolute Gasteiger partial charge is 0.233 e. The molecule has 1 aliphatic heterocycles. The molecule has 9 heteroatoms. The highest BCUT2D eigenvalue weighted by Crippen LogP contribution is 2.37. The maximum atomic E-state index is 13.1. The van der Waals surface area contributed by atoms with E-state index in [1.807, 2.05) is 51.9 Å². The van der Waals surface area contributed by atoms with Gasteiger partial charge in [-0.25, -0.2) is 4.98 Å². The van der Waals surface area contributed by atoms with E-state index in [-0.39, 0.29) is 11.9 Å². The van der Waals surface area contributed by atoms with Crippen LogP contribution in [0.2, 0.25) is 5.02 Å². The van der Waals surface area contributed by atoms with E-state index in [9.17, 15) is 4.79 Å². The normalized spacial score (nSPS) is 16.2. The molecule has 1 saturated heterocycles. The fourth-order valence-corrected chi connectivity index (χ4v) is 6.19. The van der Waals surface area contributed by atoms with Crippen molar-refractivity contribution in [3.8, 4) is 11.4 Å². The van der Waals surface area contributed by atoms with Crippen molar-refractivity contribution < 1.29 is 4.79 Å². The minimum absolute atomic E-state index is 0.0640. The molecular formula is C23H22ClN5OS2. The molecule has 0 N–H and O–H groups in total. The molecule has 0 saturated carbocycles. The number of hydrogen-bond donors (Lipinski definition) is 0. The SMILES string of the molecule is CCn1c(SCC(=O)N2CCC[C@@H]2c2nc3ccccc3s2)nnc1-c1ccc(Cl)cc1. The molecule has 0 unspecified atom stereocenters. The van der Waals surface area contributed by atoms with Gasteiger partial charge in [0.15, 0.2) is 11.0 Å². The Morgan fingerprint density at radius 3 is 2.78 bits per heavy atom. The summed E-state index contributed by atoms with van der Waals surface area (Å²) in [5.74, 6) is 1.24. The molecule has 164 valence electrons. The van der Waals surface area contributed by atoms with Crippen LogP contribution in [0.1, 0.15) is 30.8 Å². The predicted molar refractivity (Wildman–Crippen MR) is 130 cm³/mol. The molecule has 0 aliphatic carbocycles. The second kappa shape index (κ2) is 9.21. The van der Waals surface area contributed by atoms with E-state index in [0.29, 0.717) is 10.8 Å². The summed E-state index contributed by atoms with van der Waals surface area (Å²) < 4.78 is 3.21. The zero-order valence-corrected chi connectivity index (χ0v) is 20.0. The van der Waals surface area contributed by atoms with Crippen LogP contribution >= 0.6 is 34.7 Å². The highest BCUT2D eigenvalue weighted by atomic mass is 35.5. The fourth-order valence-electron chi connectivity index (χ4n) is 4.06. The van der Waals surface area contributed by atoms with Gasteiger partial charge in [0.2, 0.25) is 5.91 Å². The molecule has 4 aromatic rings. The van der Waals surface area contributed by atoms with E-state index < -0.39 is 0 Å². The lowest BCUT2D eigenvalue weighted by molar-refractivity contribution is -0.129. The topological polar surface area (TPSA) is 63.9 Å². The van der Waals surface area contributed by atoms with E-state index in [1.54, 1.807) is 11.3 Å². The van der Waals surface area contributed by atoms with Crippen molar-refractivity contribution in [3.05, 3.63) is 58.6 Å². The maximum absolute atomic E-state index is 13.1.